The quantitative estimate of drug-likeness (QED) is 0.595. The highest BCUT2D eigenvalue weighted by Gasteiger charge is 2.14. The molecule has 1 aromatic rings. The lowest BCUT2D eigenvalue weighted by Crippen LogP contribution is -2.31. The van der Waals surface area contributed by atoms with E-state index in [9.17, 15) is 5.11 Å². The lowest BCUT2D eigenvalue weighted by molar-refractivity contribution is 0.109. The molecule has 0 amide bonds. The maximum Gasteiger partial charge on any atom is 0.0963 e. The molecule has 0 unspecified atom stereocenters. The molecule has 0 heterocycles. The van der Waals surface area contributed by atoms with E-state index in [4.69, 9.17) is 10.8 Å². The molecule has 1 rings (SSSR count). The monoisotopic (exact) mass is 167 g/mol. The van der Waals surface area contributed by atoms with Gasteiger partial charge in [-0.1, -0.05) is 30.3 Å². The van der Waals surface area contributed by atoms with Crippen molar-refractivity contribution in [1.29, 1.82) is 0 Å². The minimum Gasteiger partial charge on any atom is -0.395 e. The molecule has 0 saturated carbocycles. The van der Waals surface area contributed by atoms with Gasteiger partial charge in [0.15, 0.2) is 0 Å². The molecule has 0 aliphatic rings. The molecule has 4 N–H and O–H groups in total. The molecule has 1 aromatic carbocycles. The van der Waals surface area contributed by atoms with Gasteiger partial charge in [0.25, 0.3) is 0 Å². The lowest BCUT2D eigenvalue weighted by Gasteiger charge is -2.16. The van der Waals surface area contributed by atoms with Crippen molar-refractivity contribution < 1.29 is 10.2 Å². The van der Waals surface area contributed by atoms with Gasteiger partial charge >= 0.3 is 0 Å². The molecule has 3 nitrogen and oxygen atoms in total. The predicted octanol–water partition coefficient (Wildman–Crippen LogP) is 0.0396. The Morgan fingerprint density at radius 2 is 1.83 bits per heavy atom. The fourth-order valence-electron chi connectivity index (χ4n) is 0.997. The summed E-state index contributed by atoms with van der Waals surface area (Å²) in [5.74, 6) is 0. The van der Waals surface area contributed by atoms with Gasteiger partial charge in [-0.15, -0.1) is 0 Å². The van der Waals surface area contributed by atoms with E-state index < -0.39 is 12.1 Å². The maximum atomic E-state index is 9.50. The molecular weight excluding hydrogens is 154 g/mol. The van der Waals surface area contributed by atoms with E-state index in [0.29, 0.717) is 0 Å². The van der Waals surface area contributed by atoms with Crippen LogP contribution in [0, 0.1) is 0 Å². The molecule has 66 valence electrons. The van der Waals surface area contributed by atoms with Crippen LogP contribution in [0.4, 0.5) is 0 Å². The van der Waals surface area contributed by atoms with Gasteiger partial charge in [0.1, 0.15) is 0 Å². The lowest BCUT2D eigenvalue weighted by atomic mass is 10.0. The van der Waals surface area contributed by atoms with Gasteiger partial charge in [-0.25, -0.2) is 0 Å². The molecule has 0 spiro atoms. The van der Waals surface area contributed by atoms with Gasteiger partial charge in [-0.05, 0) is 5.56 Å². The molecule has 2 atom stereocenters. The molecule has 0 bridgehead atoms. The summed E-state index contributed by atoms with van der Waals surface area (Å²) in [4.78, 5) is 0. The largest absolute Gasteiger partial charge is 0.395 e. The van der Waals surface area contributed by atoms with Crippen molar-refractivity contribution >= 4 is 0 Å². The van der Waals surface area contributed by atoms with Crippen LogP contribution in [0.1, 0.15) is 11.7 Å². The third-order valence-corrected chi connectivity index (χ3v) is 1.76. The van der Waals surface area contributed by atoms with E-state index in [1.807, 2.05) is 18.2 Å². The maximum absolute atomic E-state index is 9.50. The van der Waals surface area contributed by atoms with Gasteiger partial charge in [0.05, 0.1) is 18.8 Å². The van der Waals surface area contributed by atoms with Crippen molar-refractivity contribution in [3.05, 3.63) is 35.9 Å². The Bertz CT molecular complexity index is 225. The van der Waals surface area contributed by atoms with Crippen LogP contribution in [-0.4, -0.2) is 22.9 Å². The fourth-order valence-corrected chi connectivity index (χ4v) is 0.997. The third-order valence-electron chi connectivity index (χ3n) is 1.76. The van der Waals surface area contributed by atoms with Gasteiger partial charge in [-0.3, -0.25) is 0 Å². The van der Waals surface area contributed by atoms with Gasteiger partial charge in [0, 0.05) is 0 Å². The normalized spacial score (nSPS) is 15.6. The van der Waals surface area contributed by atoms with Crippen LogP contribution in [0.5, 0.6) is 0 Å². The van der Waals surface area contributed by atoms with Gasteiger partial charge in [0.2, 0.25) is 0 Å². The van der Waals surface area contributed by atoms with Crippen molar-refractivity contribution in [2.24, 2.45) is 5.73 Å². The summed E-state index contributed by atoms with van der Waals surface area (Å²) < 4.78 is 0. The first-order valence-corrected chi connectivity index (χ1v) is 3.85. The molecule has 12 heavy (non-hydrogen) atoms. The number of aliphatic hydroxyl groups is 2. The second-order valence-electron chi connectivity index (χ2n) is 2.70. The van der Waals surface area contributed by atoms with Crippen molar-refractivity contribution in [3.8, 4) is 0 Å². The number of hydrogen-bond donors (Lipinski definition) is 3. The van der Waals surface area contributed by atoms with Crippen LogP contribution in [-0.2, 0) is 0 Å². The molecule has 0 aromatic heterocycles. The number of benzene rings is 1. The Hall–Kier alpha value is -0.900. The third kappa shape index (κ3) is 2.04. The van der Waals surface area contributed by atoms with Crippen molar-refractivity contribution in [3.63, 3.8) is 0 Å². The first-order chi connectivity index (χ1) is 5.75. The second-order valence-corrected chi connectivity index (χ2v) is 2.70. The number of hydrogen-bond acceptors (Lipinski definition) is 3. The highest BCUT2D eigenvalue weighted by molar-refractivity contribution is 5.18. The van der Waals surface area contributed by atoms with Gasteiger partial charge < -0.3 is 15.9 Å². The fraction of sp³-hybridized carbons (Fsp3) is 0.333. The molecular formula is C9H13NO2. The topological polar surface area (TPSA) is 66.5 Å². The summed E-state index contributed by atoms with van der Waals surface area (Å²) in [6, 6.07) is 8.46. The summed E-state index contributed by atoms with van der Waals surface area (Å²) in [6.07, 6.45) is -0.781. The molecule has 0 aliphatic carbocycles. The van der Waals surface area contributed by atoms with E-state index in [0.717, 1.165) is 5.56 Å². The standard InChI is InChI=1S/C9H13NO2/c10-8(6-11)9(12)7-4-2-1-3-5-7/h1-5,8-9,11-12H,6,10H2/t8-,9+/m1/s1. The van der Waals surface area contributed by atoms with Crippen molar-refractivity contribution in [2.75, 3.05) is 6.61 Å². The summed E-state index contributed by atoms with van der Waals surface area (Å²) in [7, 11) is 0. The average molecular weight is 167 g/mol. The summed E-state index contributed by atoms with van der Waals surface area (Å²) in [5.41, 5.74) is 6.18. The zero-order valence-electron chi connectivity index (χ0n) is 6.72. The van der Waals surface area contributed by atoms with Crippen LogP contribution in [0.2, 0.25) is 0 Å². The Morgan fingerprint density at radius 3 is 2.33 bits per heavy atom. The second kappa shape index (κ2) is 4.21. The van der Waals surface area contributed by atoms with Crippen LogP contribution in [0.3, 0.4) is 0 Å². The summed E-state index contributed by atoms with van der Waals surface area (Å²) in [5, 5.41) is 18.2. The van der Waals surface area contributed by atoms with Crippen molar-refractivity contribution in [1.82, 2.24) is 0 Å². The minimum absolute atomic E-state index is 0.212. The number of nitrogens with two attached hydrogens (primary N) is 1. The van der Waals surface area contributed by atoms with E-state index in [1.54, 1.807) is 12.1 Å². The van der Waals surface area contributed by atoms with E-state index in [1.165, 1.54) is 0 Å². The number of aliphatic hydroxyl groups excluding tert-OH is 2. The zero-order chi connectivity index (χ0) is 8.97. The molecule has 3 heteroatoms. The molecule has 0 aliphatic heterocycles. The van der Waals surface area contributed by atoms with Crippen molar-refractivity contribution in [2.45, 2.75) is 12.1 Å². The molecule has 0 radical (unpaired) electrons. The molecule has 0 fully saturated rings. The highest BCUT2D eigenvalue weighted by Crippen LogP contribution is 2.14. The van der Waals surface area contributed by atoms with Crippen LogP contribution < -0.4 is 5.73 Å². The first kappa shape index (κ1) is 9.19. The zero-order valence-corrected chi connectivity index (χ0v) is 6.72. The number of rotatable bonds is 3. The SMILES string of the molecule is N[C@H](CO)[C@@H](O)c1ccccc1. The van der Waals surface area contributed by atoms with Crippen LogP contribution in [0.25, 0.3) is 0 Å². The minimum atomic E-state index is -0.781. The van der Waals surface area contributed by atoms with Gasteiger partial charge in [-0.2, -0.15) is 0 Å². The predicted molar refractivity (Wildman–Crippen MR) is 46.5 cm³/mol. The Labute approximate surface area is 71.5 Å². The Kier molecular flexibility index (Phi) is 3.22. The van der Waals surface area contributed by atoms with Crippen LogP contribution >= 0.6 is 0 Å². The van der Waals surface area contributed by atoms with E-state index in [-0.39, 0.29) is 6.61 Å². The summed E-state index contributed by atoms with van der Waals surface area (Å²) in [6.45, 7) is -0.212. The van der Waals surface area contributed by atoms with E-state index >= 15 is 0 Å². The summed E-state index contributed by atoms with van der Waals surface area (Å²) >= 11 is 0. The Morgan fingerprint density at radius 1 is 1.25 bits per heavy atom. The Balaban J connectivity index is 2.71. The first-order valence-electron chi connectivity index (χ1n) is 3.85. The smallest absolute Gasteiger partial charge is 0.0963 e. The molecule has 0 saturated heterocycles. The highest BCUT2D eigenvalue weighted by atomic mass is 16.3. The van der Waals surface area contributed by atoms with E-state index in [2.05, 4.69) is 0 Å². The van der Waals surface area contributed by atoms with Crippen LogP contribution in [0.15, 0.2) is 30.3 Å². The average Bonchev–Trinajstić information content (AvgIpc) is 2.17.